The number of carboxylic acids is 1. The van der Waals surface area contributed by atoms with E-state index in [4.69, 9.17) is 10.6 Å². The van der Waals surface area contributed by atoms with Crippen molar-refractivity contribution in [3.8, 4) is 0 Å². The van der Waals surface area contributed by atoms with Crippen LogP contribution in [0.2, 0.25) is 0 Å². The maximum Gasteiger partial charge on any atom is 0.352 e. The number of β-lactam (4-membered cyclic amide) rings is 1. The number of oxime groups is 1. The van der Waals surface area contributed by atoms with Crippen LogP contribution in [0.25, 0.3) is 5.65 Å². The third-order valence-electron chi connectivity index (χ3n) is 5.79. The molecule has 5 rings (SSSR count). The number of carbonyl (C=O) groups excluding carboxylic acids is 2. The van der Waals surface area contributed by atoms with Gasteiger partial charge in [0.15, 0.2) is 10.9 Å². The number of rotatable bonds is 8. The van der Waals surface area contributed by atoms with Gasteiger partial charge in [-0.2, -0.15) is 9.36 Å². The zero-order valence-corrected chi connectivity index (χ0v) is 21.9. The van der Waals surface area contributed by atoms with E-state index in [1.807, 2.05) is 31.1 Å². The van der Waals surface area contributed by atoms with Gasteiger partial charge in [0.25, 0.3) is 23.8 Å². The minimum absolute atomic E-state index is 0.0437. The average Bonchev–Trinajstić information content (AvgIpc) is 3.50. The van der Waals surface area contributed by atoms with Crippen molar-refractivity contribution in [3.63, 3.8) is 0 Å². The number of hydrogen-bond acceptors (Lipinski definition) is 13. The number of amides is 2. The summed E-state index contributed by atoms with van der Waals surface area (Å²) in [6, 6.07) is 2.69. The van der Waals surface area contributed by atoms with Crippen LogP contribution < -0.4 is 20.5 Å². The number of fused-ring (bicyclic) bond motifs is 2. The van der Waals surface area contributed by atoms with E-state index in [9.17, 15) is 19.5 Å². The van der Waals surface area contributed by atoms with Gasteiger partial charge in [-0.3, -0.25) is 14.5 Å². The lowest BCUT2D eigenvalue weighted by Gasteiger charge is -2.49. The van der Waals surface area contributed by atoms with Crippen molar-refractivity contribution >= 4 is 63.4 Å². The second-order valence-corrected chi connectivity index (χ2v) is 10.3. The second kappa shape index (κ2) is 9.86. The van der Waals surface area contributed by atoms with Crippen molar-refractivity contribution in [2.45, 2.75) is 18.0 Å². The Hall–Kier alpha value is -4.32. The molecule has 4 N–H and O–H groups in total. The predicted molar refractivity (Wildman–Crippen MR) is 135 cm³/mol. The smallest absolute Gasteiger partial charge is 0.352 e. The van der Waals surface area contributed by atoms with Gasteiger partial charge in [0.1, 0.15) is 24.2 Å². The van der Waals surface area contributed by atoms with Crippen molar-refractivity contribution in [2.24, 2.45) is 5.16 Å². The van der Waals surface area contributed by atoms with Gasteiger partial charge in [0.05, 0.1) is 11.6 Å². The number of nitrogens with two attached hydrogens (primary N) is 1. The fourth-order valence-corrected chi connectivity index (χ4v) is 5.82. The van der Waals surface area contributed by atoms with Crippen LogP contribution in [0.15, 0.2) is 34.9 Å². The maximum absolute atomic E-state index is 13.1. The Morgan fingerprint density at radius 3 is 2.84 bits per heavy atom. The monoisotopic (exact) mass is 560 g/mol. The Morgan fingerprint density at radius 2 is 2.18 bits per heavy atom. The number of carbonyl (C=O) groups is 3. The van der Waals surface area contributed by atoms with Crippen LogP contribution in [0.5, 0.6) is 0 Å². The van der Waals surface area contributed by atoms with Crippen molar-refractivity contribution in [3.05, 3.63) is 35.6 Å². The maximum atomic E-state index is 13.1. The molecule has 5 heterocycles. The first kappa shape index (κ1) is 25.3. The number of nitrogen functional groups attached to an aromatic ring is 1. The number of aromatic nitrogens is 6. The van der Waals surface area contributed by atoms with E-state index in [0.717, 1.165) is 11.5 Å². The van der Waals surface area contributed by atoms with E-state index < -0.39 is 29.2 Å². The summed E-state index contributed by atoms with van der Waals surface area (Å²) >= 11 is 2.22. The summed E-state index contributed by atoms with van der Waals surface area (Å²) in [4.78, 5) is 49.9. The quantitative estimate of drug-likeness (QED) is 0.122. The molecular formula is C20H22N11O5S2+. The number of nitrogens with one attached hydrogen (secondary N) is 1. The summed E-state index contributed by atoms with van der Waals surface area (Å²) in [5.41, 5.74) is 6.41. The van der Waals surface area contributed by atoms with E-state index >= 15 is 0 Å². The summed E-state index contributed by atoms with van der Waals surface area (Å²) in [7, 11) is 4.98. The number of carboxylic acid groups (broad SMARTS) is 1. The molecule has 0 aromatic carbocycles. The minimum atomic E-state index is -1.24. The molecule has 2 aliphatic heterocycles. The Balaban J connectivity index is 1.37. The molecule has 1 unspecified atom stereocenters. The Bertz CT molecular complexity index is 1510. The molecular weight excluding hydrogens is 538 g/mol. The molecule has 38 heavy (non-hydrogen) atoms. The van der Waals surface area contributed by atoms with Gasteiger partial charge in [-0.05, 0) is 6.07 Å². The van der Waals surface area contributed by atoms with E-state index in [0.29, 0.717) is 22.8 Å². The predicted octanol–water partition coefficient (Wildman–Crippen LogP) is -1.69. The van der Waals surface area contributed by atoms with Crippen LogP contribution in [0, 0.1) is 0 Å². The molecule has 0 bridgehead atoms. The lowest BCUT2D eigenvalue weighted by Crippen LogP contribution is -2.71. The summed E-state index contributed by atoms with van der Waals surface area (Å²) in [6.07, 6.45) is 1.56. The van der Waals surface area contributed by atoms with Gasteiger partial charge in [-0.15, -0.1) is 11.8 Å². The molecule has 1 fully saturated rings. The highest BCUT2D eigenvalue weighted by Gasteiger charge is 2.54. The van der Waals surface area contributed by atoms with Crippen molar-refractivity contribution in [1.82, 2.24) is 34.4 Å². The zero-order chi connectivity index (χ0) is 27.1. The highest BCUT2D eigenvalue weighted by atomic mass is 32.2. The highest BCUT2D eigenvalue weighted by Crippen LogP contribution is 2.40. The van der Waals surface area contributed by atoms with Gasteiger partial charge < -0.3 is 25.9 Å². The van der Waals surface area contributed by atoms with E-state index in [1.165, 1.54) is 28.4 Å². The first-order valence-corrected chi connectivity index (χ1v) is 12.8. The largest absolute Gasteiger partial charge is 0.477 e. The van der Waals surface area contributed by atoms with Gasteiger partial charge in [0.2, 0.25) is 11.5 Å². The Morgan fingerprint density at radius 1 is 1.39 bits per heavy atom. The van der Waals surface area contributed by atoms with Gasteiger partial charge >= 0.3 is 5.97 Å². The van der Waals surface area contributed by atoms with Crippen LogP contribution in [0.4, 0.5) is 10.9 Å². The average molecular weight is 561 g/mol. The summed E-state index contributed by atoms with van der Waals surface area (Å²) in [5.74, 6) is -1.56. The zero-order valence-electron chi connectivity index (χ0n) is 20.3. The summed E-state index contributed by atoms with van der Waals surface area (Å²) in [6.45, 7) is 0.191. The third kappa shape index (κ3) is 4.36. The SMILES string of the molecule is CO/N=C(\C(=O)NC1C(=O)N2C(C(=O)O)=C(C[n+]3cnn4nc(N(C)C)ccc43)CS[C@H]12)c1nsc(N)n1. The molecule has 2 aliphatic rings. The van der Waals surface area contributed by atoms with E-state index in [2.05, 4.69) is 30.0 Å². The lowest BCUT2D eigenvalue weighted by atomic mass is 10.0. The highest BCUT2D eigenvalue weighted by molar-refractivity contribution is 8.00. The van der Waals surface area contributed by atoms with Crippen LogP contribution in [0.1, 0.15) is 5.82 Å². The van der Waals surface area contributed by atoms with E-state index in [-0.39, 0.29) is 28.9 Å². The topological polar surface area (TPSA) is 197 Å². The normalized spacial score (nSPS) is 19.3. The summed E-state index contributed by atoms with van der Waals surface area (Å²) < 4.78 is 7.17. The minimum Gasteiger partial charge on any atom is -0.477 e. The molecule has 0 spiro atoms. The fraction of sp³-hybridized carbons (Fsp3) is 0.350. The molecule has 198 valence electrons. The molecule has 2 amide bonds. The Kier molecular flexibility index (Phi) is 6.57. The number of anilines is 2. The summed E-state index contributed by atoms with van der Waals surface area (Å²) in [5, 5.41) is 24.5. The molecule has 0 aliphatic carbocycles. The molecule has 0 radical (unpaired) electrons. The molecule has 18 heteroatoms. The lowest BCUT2D eigenvalue weighted by molar-refractivity contribution is -0.664. The first-order valence-electron chi connectivity index (χ1n) is 11.0. The fourth-order valence-electron chi connectivity index (χ4n) is 4.05. The number of hydrogen-bond donors (Lipinski definition) is 3. The van der Waals surface area contributed by atoms with Crippen molar-refractivity contribution in [1.29, 1.82) is 0 Å². The van der Waals surface area contributed by atoms with Gasteiger partial charge in [0, 0.05) is 47.7 Å². The molecule has 0 saturated carbocycles. The molecule has 2 atom stereocenters. The van der Waals surface area contributed by atoms with Gasteiger partial charge in [-0.1, -0.05) is 10.3 Å². The number of thioether (sulfide) groups is 1. The van der Waals surface area contributed by atoms with Crippen LogP contribution in [0.3, 0.4) is 0 Å². The van der Waals surface area contributed by atoms with Crippen molar-refractivity contribution in [2.75, 3.05) is 37.6 Å². The van der Waals surface area contributed by atoms with Crippen LogP contribution in [-0.2, 0) is 25.8 Å². The van der Waals surface area contributed by atoms with Gasteiger partial charge in [-0.25, -0.2) is 9.36 Å². The van der Waals surface area contributed by atoms with E-state index in [1.54, 1.807) is 10.9 Å². The van der Waals surface area contributed by atoms with Crippen LogP contribution in [-0.4, -0.2) is 96.1 Å². The van der Waals surface area contributed by atoms with Crippen LogP contribution >= 0.6 is 23.3 Å². The molecule has 3 aromatic heterocycles. The standard InChI is InChI=1S/C20H21N11O5S2/c1-28(2)10-4-5-11-29(8-22-31(11)25-10)6-9-7-37-18-13(17(33)30(18)14(9)19(34)35)23-16(32)12(26-36-3)15-24-20(21)38-27-15/h4-5,8,13,18H,6-7H2,1-3H3,(H3-,21,23,24,27,32,34,35)/p+1/b26-12-/t13?,18-/m1/s1. The number of aliphatic carboxylic acids is 1. The number of nitrogens with zero attached hydrogens (tertiary/aromatic N) is 9. The Labute approximate surface area is 222 Å². The second-order valence-electron chi connectivity index (χ2n) is 8.39. The molecule has 1 saturated heterocycles. The van der Waals surface area contributed by atoms with Crippen molar-refractivity contribution < 1.29 is 28.9 Å². The molecule has 3 aromatic rings. The molecule has 16 nitrogen and oxygen atoms in total. The first-order chi connectivity index (χ1) is 18.2. The third-order valence-corrected chi connectivity index (χ3v) is 7.67.